The zero-order chi connectivity index (χ0) is 14.5. The molecule has 108 valence electrons. The Morgan fingerprint density at radius 3 is 2.47 bits per heavy atom. The summed E-state index contributed by atoms with van der Waals surface area (Å²) >= 11 is 1.91. The van der Waals surface area contributed by atoms with Crippen molar-refractivity contribution in [3.05, 3.63) is 11.9 Å². The van der Waals surface area contributed by atoms with E-state index in [0.717, 1.165) is 23.1 Å². The first-order chi connectivity index (χ1) is 8.86. The molecule has 6 heteroatoms. The van der Waals surface area contributed by atoms with Gasteiger partial charge in [-0.15, -0.1) is 0 Å². The van der Waals surface area contributed by atoms with Crippen LogP contribution in [0.5, 0.6) is 0 Å². The molecule has 1 aromatic rings. The van der Waals surface area contributed by atoms with E-state index in [1.807, 2.05) is 17.8 Å². The zero-order valence-corrected chi connectivity index (χ0v) is 13.3. The van der Waals surface area contributed by atoms with Crippen molar-refractivity contribution in [2.45, 2.75) is 46.1 Å². The lowest BCUT2D eigenvalue weighted by Crippen LogP contribution is -2.23. The van der Waals surface area contributed by atoms with Gasteiger partial charge in [-0.2, -0.15) is 11.8 Å². The van der Waals surface area contributed by atoms with Gasteiger partial charge in [0.15, 0.2) is 0 Å². The molecule has 0 bridgehead atoms. The normalized spacial score (nSPS) is 13.2. The van der Waals surface area contributed by atoms with Crippen LogP contribution in [0.15, 0.2) is 6.07 Å². The Morgan fingerprint density at radius 1 is 1.32 bits per heavy atom. The highest BCUT2D eigenvalue weighted by Crippen LogP contribution is 2.22. The lowest BCUT2D eigenvalue weighted by atomic mass is 9.96. The third-order valence-corrected chi connectivity index (χ3v) is 3.66. The van der Waals surface area contributed by atoms with Gasteiger partial charge < -0.3 is 10.7 Å². The minimum absolute atomic E-state index is 0.106. The smallest absolute Gasteiger partial charge is 0.145 e. The van der Waals surface area contributed by atoms with E-state index in [9.17, 15) is 0 Å². The fourth-order valence-electron chi connectivity index (χ4n) is 1.52. The summed E-state index contributed by atoms with van der Waals surface area (Å²) in [5.41, 5.74) is 2.49. The Labute approximate surface area is 120 Å². The Hall–Kier alpha value is -1.01. The summed E-state index contributed by atoms with van der Waals surface area (Å²) in [6.45, 7) is 10.6. The molecule has 5 nitrogen and oxygen atoms in total. The number of anilines is 2. The molecule has 0 spiro atoms. The van der Waals surface area contributed by atoms with Crippen LogP contribution in [0, 0.1) is 0 Å². The fourth-order valence-corrected chi connectivity index (χ4v) is 2.19. The van der Waals surface area contributed by atoms with Crippen molar-refractivity contribution in [3.63, 3.8) is 0 Å². The first kappa shape index (κ1) is 16.0. The maximum absolute atomic E-state index is 5.47. The molecule has 0 radical (unpaired) electrons. The quantitative estimate of drug-likeness (QED) is 0.550. The number of hydrogen-bond acceptors (Lipinski definition) is 6. The van der Waals surface area contributed by atoms with Gasteiger partial charge >= 0.3 is 0 Å². The summed E-state index contributed by atoms with van der Waals surface area (Å²) in [6.07, 6.45) is 0. The van der Waals surface area contributed by atoms with E-state index < -0.39 is 0 Å². The predicted octanol–water partition coefficient (Wildman–Crippen LogP) is 2.61. The van der Waals surface area contributed by atoms with E-state index in [1.54, 1.807) is 0 Å². The van der Waals surface area contributed by atoms with Crippen molar-refractivity contribution in [2.24, 2.45) is 5.84 Å². The van der Waals surface area contributed by atoms with Crippen LogP contribution in [0.1, 0.15) is 40.4 Å². The van der Waals surface area contributed by atoms with Crippen LogP contribution in [0.4, 0.5) is 11.6 Å². The Kier molecular flexibility index (Phi) is 5.87. The first-order valence-corrected chi connectivity index (χ1v) is 7.72. The molecule has 0 saturated carbocycles. The summed E-state index contributed by atoms with van der Waals surface area (Å²) in [6, 6.07) is 2.20. The third-order valence-electron chi connectivity index (χ3n) is 2.51. The summed E-state index contributed by atoms with van der Waals surface area (Å²) in [5, 5.41) is 3.40. The standard InChI is InChI=1S/C13H25N5S/c1-6-19-8-9(2)15-10-7-11(18-14)17-12(16-10)13(3,4)5/h7,9H,6,8,14H2,1-5H3,(H2,15,16,17,18). The van der Waals surface area contributed by atoms with Gasteiger partial charge in [-0.3, -0.25) is 0 Å². The van der Waals surface area contributed by atoms with Gasteiger partial charge in [-0.05, 0) is 12.7 Å². The number of nitrogens with one attached hydrogen (secondary N) is 2. The van der Waals surface area contributed by atoms with Crippen molar-refractivity contribution in [1.82, 2.24) is 9.97 Å². The van der Waals surface area contributed by atoms with E-state index in [1.165, 1.54) is 0 Å². The van der Waals surface area contributed by atoms with Gasteiger partial charge in [0.2, 0.25) is 0 Å². The summed E-state index contributed by atoms with van der Waals surface area (Å²) in [7, 11) is 0. The molecule has 1 atom stereocenters. The van der Waals surface area contributed by atoms with Gasteiger partial charge in [-0.25, -0.2) is 15.8 Å². The third kappa shape index (κ3) is 5.24. The van der Waals surface area contributed by atoms with Crippen molar-refractivity contribution in [1.29, 1.82) is 0 Å². The molecule has 1 aromatic heterocycles. The largest absolute Gasteiger partial charge is 0.367 e. The summed E-state index contributed by atoms with van der Waals surface area (Å²) < 4.78 is 0. The van der Waals surface area contributed by atoms with Crippen LogP contribution in [-0.4, -0.2) is 27.5 Å². The van der Waals surface area contributed by atoms with E-state index in [4.69, 9.17) is 5.84 Å². The molecule has 0 aliphatic heterocycles. The van der Waals surface area contributed by atoms with Crippen LogP contribution in [0.2, 0.25) is 0 Å². The number of nitrogen functional groups attached to an aromatic ring is 1. The average molecular weight is 283 g/mol. The number of aromatic nitrogens is 2. The molecule has 19 heavy (non-hydrogen) atoms. The highest BCUT2D eigenvalue weighted by atomic mass is 32.2. The zero-order valence-electron chi connectivity index (χ0n) is 12.4. The van der Waals surface area contributed by atoms with Crippen LogP contribution in [0.25, 0.3) is 0 Å². The van der Waals surface area contributed by atoms with Gasteiger partial charge in [0, 0.05) is 23.3 Å². The first-order valence-electron chi connectivity index (χ1n) is 6.57. The van der Waals surface area contributed by atoms with Gasteiger partial charge in [0.05, 0.1) is 0 Å². The highest BCUT2D eigenvalue weighted by molar-refractivity contribution is 7.99. The van der Waals surface area contributed by atoms with E-state index >= 15 is 0 Å². The Morgan fingerprint density at radius 2 is 1.95 bits per heavy atom. The second-order valence-electron chi connectivity index (χ2n) is 5.56. The SMILES string of the molecule is CCSCC(C)Nc1cc(NN)nc(C(C)(C)C)n1. The van der Waals surface area contributed by atoms with E-state index in [0.29, 0.717) is 11.9 Å². The van der Waals surface area contributed by atoms with Crippen molar-refractivity contribution < 1.29 is 0 Å². The Balaban J connectivity index is 2.88. The maximum atomic E-state index is 5.47. The minimum atomic E-state index is -0.106. The molecule has 1 heterocycles. The number of hydrazine groups is 1. The van der Waals surface area contributed by atoms with Crippen LogP contribution in [-0.2, 0) is 5.41 Å². The molecule has 0 amide bonds. The monoisotopic (exact) mass is 283 g/mol. The number of nitrogens with zero attached hydrogens (tertiary/aromatic N) is 2. The van der Waals surface area contributed by atoms with Crippen LogP contribution < -0.4 is 16.6 Å². The topological polar surface area (TPSA) is 75.9 Å². The minimum Gasteiger partial charge on any atom is -0.367 e. The fraction of sp³-hybridized carbons (Fsp3) is 0.692. The molecule has 0 aliphatic carbocycles. The highest BCUT2D eigenvalue weighted by Gasteiger charge is 2.19. The number of thioether (sulfide) groups is 1. The summed E-state index contributed by atoms with van der Waals surface area (Å²) in [5.74, 6) is 9.88. The molecule has 1 rings (SSSR count). The molecule has 0 fully saturated rings. The molecule has 0 aromatic carbocycles. The van der Waals surface area contributed by atoms with Gasteiger partial charge in [-0.1, -0.05) is 27.7 Å². The Bertz CT molecular complexity index is 403. The second kappa shape index (κ2) is 6.96. The number of nitrogens with two attached hydrogens (primary N) is 1. The van der Waals surface area contributed by atoms with Crippen LogP contribution >= 0.6 is 11.8 Å². The molecule has 1 unspecified atom stereocenters. The van der Waals surface area contributed by atoms with Crippen molar-refractivity contribution in [2.75, 3.05) is 22.2 Å². The molecular formula is C13H25N5S. The second-order valence-corrected chi connectivity index (χ2v) is 6.88. The molecule has 0 saturated heterocycles. The molecular weight excluding hydrogens is 258 g/mol. The van der Waals surface area contributed by atoms with Gasteiger partial charge in [0.1, 0.15) is 17.5 Å². The van der Waals surface area contributed by atoms with E-state index in [-0.39, 0.29) is 5.41 Å². The van der Waals surface area contributed by atoms with Crippen molar-refractivity contribution >= 4 is 23.4 Å². The van der Waals surface area contributed by atoms with Gasteiger partial charge in [0.25, 0.3) is 0 Å². The number of hydrogen-bond donors (Lipinski definition) is 3. The molecule has 4 N–H and O–H groups in total. The average Bonchev–Trinajstić information content (AvgIpc) is 2.34. The van der Waals surface area contributed by atoms with Crippen LogP contribution in [0.3, 0.4) is 0 Å². The predicted molar refractivity (Wildman–Crippen MR) is 84.6 cm³/mol. The lowest BCUT2D eigenvalue weighted by molar-refractivity contribution is 0.546. The number of rotatable bonds is 6. The lowest BCUT2D eigenvalue weighted by Gasteiger charge is -2.20. The maximum Gasteiger partial charge on any atom is 0.145 e. The van der Waals surface area contributed by atoms with E-state index in [2.05, 4.69) is 55.3 Å². The molecule has 0 aliphatic rings. The van der Waals surface area contributed by atoms with Crippen molar-refractivity contribution in [3.8, 4) is 0 Å². The summed E-state index contributed by atoms with van der Waals surface area (Å²) in [4.78, 5) is 8.97.